The van der Waals surface area contributed by atoms with Crippen molar-refractivity contribution in [1.82, 2.24) is 14.5 Å². The van der Waals surface area contributed by atoms with E-state index in [1.165, 1.54) is 0 Å². The molecule has 0 aliphatic rings. The molecule has 1 amide bonds. The average molecular weight is 347 g/mol. The topological polar surface area (TPSA) is 95.6 Å². The number of carbonyl (C=O) groups is 1. The highest BCUT2D eigenvalue weighted by Crippen LogP contribution is 2.35. The van der Waals surface area contributed by atoms with Gasteiger partial charge in [0.05, 0.1) is 28.8 Å². The van der Waals surface area contributed by atoms with Gasteiger partial charge in [-0.3, -0.25) is 4.79 Å². The number of aromatic amines is 1. The van der Waals surface area contributed by atoms with E-state index in [4.69, 9.17) is 0 Å². The number of nitrogens with zero attached hydrogens (tertiary/aromatic N) is 4. The number of fused-ring (bicyclic) bond motifs is 2. The third kappa shape index (κ3) is 2.83. The van der Waals surface area contributed by atoms with Gasteiger partial charge < -0.3 is 14.7 Å². The highest BCUT2D eigenvalue weighted by molar-refractivity contribution is 5.94. The highest BCUT2D eigenvalue weighted by Gasteiger charge is 2.16. The normalized spacial score (nSPS) is 13.0. The number of hydrogen-bond donors (Lipinski definition) is 2. The molecule has 130 valence electrons. The standard InChI is InChI=1S/C19H17N5O2/c1-12(10-24-11-20-15-8-4-5-9-16(15)24)18(25)23-22-17-13-6-2-3-7-14(13)21-19(17)26/h2-9,11-12,21,26H,10H2,1H3. The zero-order chi connectivity index (χ0) is 18.1. The van der Waals surface area contributed by atoms with Crippen molar-refractivity contribution in [3.05, 3.63) is 54.9 Å². The molecule has 2 aromatic heterocycles. The summed E-state index contributed by atoms with van der Waals surface area (Å²) >= 11 is 0. The Kier molecular flexibility index (Phi) is 3.96. The average Bonchev–Trinajstić information content (AvgIpc) is 3.20. The van der Waals surface area contributed by atoms with Crippen LogP contribution in [-0.4, -0.2) is 25.5 Å². The van der Waals surface area contributed by atoms with Gasteiger partial charge in [-0.05, 0) is 18.2 Å². The second-order valence-electron chi connectivity index (χ2n) is 6.19. The van der Waals surface area contributed by atoms with Crippen molar-refractivity contribution in [3.63, 3.8) is 0 Å². The van der Waals surface area contributed by atoms with Crippen LogP contribution >= 0.6 is 0 Å². The Morgan fingerprint density at radius 1 is 1.23 bits per heavy atom. The fraction of sp³-hybridized carbons (Fsp3) is 0.158. The van der Waals surface area contributed by atoms with Crippen molar-refractivity contribution >= 4 is 33.5 Å². The molecule has 0 saturated heterocycles. The SMILES string of the molecule is CC(Cn1cnc2ccccc21)C(=O)N=Nc1c(O)[nH]c2ccccc12. The van der Waals surface area contributed by atoms with Crippen LogP contribution in [0.4, 0.5) is 5.69 Å². The van der Waals surface area contributed by atoms with E-state index in [1.807, 2.05) is 53.1 Å². The molecular formula is C19H17N5O2. The second-order valence-corrected chi connectivity index (χ2v) is 6.19. The van der Waals surface area contributed by atoms with E-state index in [0.717, 1.165) is 21.9 Å². The molecule has 2 heterocycles. The lowest BCUT2D eigenvalue weighted by Gasteiger charge is -2.08. The van der Waals surface area contributed by atoms with Gasteiger partial charge in [0.15, 0.2) is 5.69 Å². The summed E-state index contributed by atoms with van der Waals surface area (Å²) in [5.74, 6) is -0.827. The van der Waals surface area contributed by atoms with E-state index in [1.54, 1.807) is 13.3 Å². The molecule has 1 atom stereocenters. The number of rotatable bonds is 4. The van der Waals surface area contributed by atoms with E-state index >= 15 is 0 Å². The number of carbonyl (C=O) groups excluding carboxylic acids is 1. The molecule has 4 aromatic rings. The van der Waals surface area contributed by atoms with Crippen LogP contribution in [0.15, 0.2) is 65.1 Å². The van der Waals surface area contributed by atoms with Gasteiger partial charge in [0.1, 0.15) is 0 Å². The first kappa shape index (κ1) is 16.0. The van der Waals surface area contributed by atoms with Crippen LogP contribution in [0.2, 0.25) is 0 Å². The van der Waals surface area contributed by atoms with Crippen LogP contribution < -0.4 is 0 Å². The molecule has 0 fully saturated rings. The van der Waals surface area contributed by atoms with Gasteiger partial charge in [-0.15, -0.1) is 10.2 Å². The number of azo groups is 1. The minimum atomic E-state index is -0.372. The van der Waals surface area contributed by atoms with Crippen LogP contribution in [-0.2, 0) is 11.3 Å². The molecule has 7 heteroatoms. The number of amides is 1. The first-order chi connectivity index (χ1) is 12.6. The summed E-state index contributed by atoms with van der Waals surface area (Å²) in [6, 6.07) is 15.1. The summed E-state index contributed by atoms with van der Waals surface area (Å²) < 4.78 is 1.93. The van der Waals surface area contributed by atoms with Gasteiger partial charge in [-0.1, -0.05) is 37.3 Å². The Labute approximate surface area is 149 Å². The number of para-hydroxylation sites is 3. The molecule has 0 bridgehead atoms. The smallest absolute Gasteiger partial charge is 0.269 e. The van der Waals surface area contributed by atoms with E-state index in [9.17, 15) is 9.90 Å². The predicted molar refractivity (Wildman–Crippen MR) is 98.4 cm³/mol. The number of aromatic hydroxyl groups is 1. The summed E-state index contributed by atoms with van der Waals surface area (Å²) in [5.41, 5.74) is 2.87. The lowest BCUT2D eigenvalue weighted by molar-refractivity contribution is -0.121. The molecule has 4 rings (SSSR count). The molecule has 0 radical (unpaired) electrons. The summed E-state index contributed by atoms with van der Waals surface area (Å²) in [4.78, 5) is 19.5. The summed E-state index contributed by atoms with van der Waals surface area (Å²) in [7, 11) is 0. The van der Waals surface area contributed by atoms with Crippen molar-refractivity contribution in [3.8, 4) is 5.88 Å². The number of nitrogens with one attached hydrogen (secondary N) is 1. The molecule has 26 heavy (non-hydrogen) atoms. The fourth-order valence-electron chi connectivity index (χ4n) is 2.94. The number of benzene rings is 2. The maximum atomic E-state index is 12.4. The van der Waals surface area contributed by atoms with Crippen molar-refractivity contribution in [2.24, 2.45) is 16.1 Å². The molecule has 1 unspecified atom stereocenters. The molecule has 0 saturated carbocycles. The molecule has 0 aliphatic carbocycles. The van der Waals surface area contributed by atoms with E-state index in [0.29, 0.717) is 6.54 Å². The molecule has 0 aliphatic heterocycles. The van der Waals surface area contributed by atoms with E-state index in [-0.39, 0.29) is 23.4 Å². The second kappa shape index (κ2) is 6.44. The Bertz CT molecular complexity index is 1130. The maximum absolute atomic E-state index is 12.4. The van der Waals surface area contributed by atoms with Gasteiger partial charge in [-0.2, -0.15) is 0 Å². The summed E-state index contributed by atoms with van der Waals surface area (Å²) in [6.07, 6.45) is 1.72. The van der Waals surface area contributed by atoms with Gasteiger partial charge in [0.2, 0.25) is 5.88 Å². The van der Waals surface area contributed by atoms with Crippen LogP contribution in [0.1, 0.15) is 6.92 Å². The van der Waals surface area contributed by atoms with Crippen LogP contribution in [0.5, 0.6) is 5.88 Å². The van der Waals surface area contributed by atoms with Gasteiger partial charge >= 0.3 is 0 Å². The zero-order valence-electron chi connectivity index (χ0n) is 14.1. The number of aromatic nitrogens is 3. The van der Waals surface area contributed by atoms with Gasteiger partial charge in [0.25, 0.3) is 5.91 Å². The summed E-state index contributed by atoms with van der Waals surface area (Å²) in [6.45, 7) is 2.25. The Morgan fingerprint density at radius 3 is 2.88 bits per heavy atom. The lowest BCUT2D eigenvalue weighted by atomic mass is 10.1. The van der Waals surface area contributed by atoms with Crippen molar-refractivity contribution < 1.29 is 9.90 Å². The zero-order valence-corrected chi connectivity index (χ0v) is 14.1. The van der Waals surface area contributed by atoms with E-state index in [2.05, 4.69) is 20.2 Å². The monoisotopic (exact) mass is 347 g/mol. The number of H-pyrrole nitrogens is 1. The first-order valence-electron chi connectivity index (χ1n) is 8.28. The minimum absolute atomic E-state index is 0.101. The Morgan fingerprint density at radius 2 is 2.00 bits per heavy atom. The molecule has 7 nitrogen and oxygen atoms in total. The van der Waals surface area contributed by atoms with Gasteiger partial charge in [-0.25, -0.2) is 4.98 Å². The van der Waals surface area contributed by atoms with Crippen LogP contribution in [0.25, 0.3) is 21.9 Å². The Hall–Kier alpha value is -3.48. The third-order valence-electron chi connectivity index (χ3n) is 4.33. The third-order valence-corrected chi connectivity index (χ3v) is 4.33. The molecule has 2 N–H and O–H groups in total. The molecule has 2 aromatic carbocycles. The Balaban J connectivity index is 1.53. The number of imidazole rings is 1. The largest absolute Gasteiger partial charge is 0.493 e. The molecular weight excluding hydrogens is 330 g/mol. The van der Waals surface area contributed by atoms with Crippen LogP contribution in [0, 0.1) is 5.92 Å². The van der Waals surface area contributed by atoms with E-state index < -0.39 is 0 Å². The number of hydrogen-bond acceptors (Lipinski definition) is 4. The molecule has 0 spiro atoms. The van der Waals surface area contributed by atoms with Crippen LogP contribution in [0.3, 0.4) is 0 Å². The maximum Gasteiger partial charge on any atom is 0.269 e. The predicted octanol–water partition coefficient (Wildman–Crippen LogP) is 4.17. The van der Waals surface area contributed by atoms with Crippen molar-refractivity contribution in [2.75, 3.05) is 0 Å². The summed E-state index contributed by atoms with van der Waals surface area (Å²) in [5, 5.41) is 18.5. The fourth-order valence-corrected chi connectivity index (χ4v) is 2.94. The van der Waals surface area contributed by atoms with Crippen molar-refractivity contribution in [1.29, 1.82) is 0 Å². The van der Waals surface area contributed by atoms with Gasteiger partial charge in [0, 0.05) is 11.9 Å². The highest BCUT2D eigenvalue weighted by atomic mass is 16.3. The lowest BCUT2D eigenvalue weighted by Crippen LogP contribution is -2.14. The van der Waals surface area contributed by atoms with Crippen molar-refractivity contribution in [2.45, 2.75) is 13.5 Å². The quantitative estimate of drug-likeness (QED) is 0.542. The minimum Gasteiger partial charge on any atom is -0.493 e. The first-order valence-corrected chi connectivity index (χ1v) is 8.28.